The molecule has 1 aromatic carbocycles. The molecule has 5 nitrogen and oxygen atoms in total. The molecule has 0 aliphatic rings. The second kappa shape index (κ2) is 7.91. The first-order valence-corrected chi connectivity index (χ1v) is 9.57. The highest BCUT2D eigenvalue weighted by molar-refractivity contribution is 9.10. The van der Waals surface area contributed by atoms with Crippen LogP contribution in [0.1, 0.15) is 31.4 Å². The van der Waals surface area contributed by atoms with E-state index in [-0.39, 0.29) is 24.1 Å². The van der Waals surface area contributed by atoms with Crippen molar-refractivity contribution in [2.45, 2.75) is 31.8 Å². The molecule has 7 heteroatoms. The average molecular weight is 377 g/mol. The minimum atomic E-state index is -3.11. The number of nitrogens with one attached hydrogen (secondary N) is 1. The van der Waals surface area contributed by atoms with Gasteiger partial charge in [-0.25, -0.2) is 8.42 Å². The fraction of sp³-hybridized carbons (Fsp3) is 0.500. The molecule has 0 fully saturated rings. The van der Waals surface area contributed by atoms with E-state index in [1.54, 1.807) is 0 Å². The molecule has 1 aromatic rings. The second-order valence-corrected chi connectivity index (χ2v) is 8.22. The Balaban J connectivity index is 2.64. The molecule has 21 heavy (non-hydrogen) atoms. The Morgan fingerprint density at radius 2 is 1.90 bits per heavy atom. The van der Waals surface area contributed by atoms with Crippen LogP contribution in [0.2, 0.25) is 0 Å². The van der Waals surface area contributed by atoms with Crippen LogP contribution < -0.4 is 11.1 Å². The Morgan fingerprint density at radius 3 is 2.38 bits per heavy atom. The minimum absolute atomic E-state index is 0.0866. The summed E-state index contributed by atoms with van der Waals surface area (Å²) < 4.78 is 23.2. The topological polar surface area (TPSA) is 89.3 Å². The third kappa shape index (κ3) is 6.58. The van der Waals surface area contributed by atoms with E-state index in [1.807, 2.05) is 31.2 Å². The van der Waals surface area contributed by atoms with Crippen molar-refractivity contribution in [3.05, 3.63) is 34.3 Å². The molecule has 0 aliphatic heterocycles. The van der Waals surface area contributed by atoms with E-state index in [2.05, 4.69) is 21.2 Å². The first-order valence-electron chi connectivity index (χ1n) is 6.72. The Bertz CT molecular complexity index is 572. The summed E-state index contributed by atoms with van der Waals surface area (Å²) in [5, 5.41) is 2.86. The number of amides is 1. The van der Waals surface area contributed by atoms with E-state index in [4.69, 9.17) is 5.73 Å². The summed E-state index contributed by atoms with van der Waals surface area (Å²) >= 11 is 3.37. The van der Waals surface area contributed by atoms with E-state index in [0.717, 1.165) is 22.7 Å². The van der Waals surface area contributed by atoms with Gasteiger partial charge in [0, 0.05) is 10.7 Å². The highest BCUT2D eigenvalue weighted by atomic mass is 79.9. The SMILES string of the molecule is CCC(NC(=O)C(N)CCS(C)(=O)=O)c1ccc(Br)cc1. The number of sulfone groups is 1. The van der Waals surface area contributed by atoms with E-state index >= 15 is 0 Å². The molecule has 2 unspecified atom stereocenters. The molecule has 0 spiro atoms. The number of rotatable bonds is 7. The van der Waals surface area contributed by atoms with Gasteiger partial charge >= 0.3 is 0 Å². The maximum Gasteiger partial charge on any atom is 0.237 e. The highest BCUT2D eigenvalue weighted by Crippen LogP contribution is 2.19. The lowest BCUT2D eigenvalue weighted by molar-refractivity contribution is -0.123. The molecule has 1 rings (SSSR count). The normalized spacial score (nSPS) is 14.5. The zero-order valence-corrected chi connectivity index (χ0v) is 14.6. The predicted octanol–water partition coefficient (Wildman–Crippen LogP) is 1.78. The number of carbonyl (C=O) groups excluding carboxylic acids is 1. The first kappa shape index (κ1) is 18.1. The molecule has 118 valence electrons. The van der Waals surface area contributed by atoms with Gasteiger partial charge in [0.15, 0.2) is 0 Å². The monoisotopic (exact) mass is 376 g/mol. The van der Waals surface area contributed by atoms with Gasteiger partial charge in [-0.05, 0) is 30.5 Å². The predicted molar refractivity (Wildman–Crippen MR) is 87.6 cm³/mol. The molecule has 0 saturated carbocycles. The van der Waals surface area contributed by atoms with Gasteiger partial charge in [-0.15, -0.1) is 0 Å². The second-order valence-electron chi connectivity index (χ2n) is 5.05. The average Bonchev–Trinajstić information content (AvgIpc) is 2.42. The van der Waals surface area contributed by atoms with Gasteiger partial charge in [-0.3, -0.25) is 4.79 Å². The zero-order valence-electron chi connectivity index (χ0n) is 12.2. The first-order chi connectivity index (χ1) is 9.73. The Kier molecular flexibility index (Phi) is 6.83. The summed E-state index contributed by atoms with van der Waals surface area (Å²) in [4.78, 5) is 12.0. The summed E-state index contributed by atoms with van der Waals surface area (Å²) in [5.74, 6) is -0.412. The van der Waals surface area contributed by atoms with E-state index in [0.29, 0.717) is 0 Å². The van der Waals surface area contributed by atoms with Crippen LogP contribution >= 0.6 is 15.9 Å². The van der Waals surface area contributed by atoms with Gasteiger partial charge in [-0.1, -0.05) is 35.0 Å². The van der Waals surface area contributed by atoms with Crippen molar-refractivity contribution in [2.75, 3.05) is 12.0 Å². The highest BCUT2D eigenvalue weighted by Gasteiger charge is 2.19. The number of nitrogens with two attached hydrogens (primary N) is 1. The van der Waals surface area contributed by atoms with Crippen molar-refractivity contribution in [3.63, 3.8) is 0 Å². The summed E-state index contributed by atoms with van der Waals surface area (Å²) in [6.07, 6.45) is 1.99. The summed E-state index contributed by atoms with van der Waals surface area (Å²) in [6, 6.07) is 6.74. The summed E-state index contributed by atoms with van der Waals surface area (Å²) in [5.41, 5.74) is 6.74. The van der Waals surface area contributed by atoms with E-state index in [9.17, 15) is 13.2 Å². The number of carbonyl (C=O) groups is 1. The van der Waals surface area contributed by atoms with Crippen molar-refractivity contribution in [2.24, 2.45) is 5.73 Å². The van der Waals surface area contributed by atoms with Crippen molar-refractivity contribution in [1.82, 2.24) is 5.32 Å². The van der Waals surface area contributed by atoms with Crippen molar-refractivity contribution in [1.29, 1.82) is 0 Å². The molecule has 0 aliphatic carbocycles. The van der Waals surface area contributed by atoms with Crippen LogP contribution in [0.4, 0.5) is 0 Å². The minimum Gasteiger partial charge on any atom is -0.348 e. The van der Waals surface area contributed by atoms with Gasteiger partial charge in [0.25, 0.3) is 0 Å². The molecule has 0 bridgehead atoms. The van der Waals surface area contributed by atoms with Gasteiger partial charge in [0.1, 0.15) is 9.84 Å². The van der Waals surface area contributed by atoms with Gasteiger partial charge < -0.3 is 11.1 Å². The van der Waals surface area contributed by atoms with Crippen LogP contribution in [0.15, 0.2) is 28.7 Å². The molecule has 0 heterocycles. The zero-order chi connectivity index (χ0) is 16.0. The third-order valence-electron chi connectivity index (χ3n) is 3.13. The van der Waals surface area contributed by atoms with Crippen molar-refractivity contribution >= 4 is 31.7 Å². The van der Waals surface area contributed by atoms with Crippen LogP contribution in [0, 0.1) is 0 Å². The number of hydrogen-bond acceptors (Lipinski definition) is 4. The largest absolute Gasteiger partial charge is 0.348 e. The third-order valence-corrected chi connectivity index (χ3v) is 4.64. The smallest absolute Gasteiger partial charge is 0.237 e. The number of hydrogen-bond donors (Lipinski definition) is 2. The maximum atomic E-state index is 12.0. The quantitative estimate of drug-likeness (QED) is 0.758. The van der Waals surface area contributed by atoms with Crippen LogP contribution in [0.3, 0.4) is 0 Å². The van der Waals surface area contributed by atoms with Gasteiger partial charge in [0.2, 0.25) is 5.91 Å². The Morgan fingerprint density at radius 1 is 1.33 bits per heavy atom. The fourth-order valence-corrected chi connectivity index (χ4v) is 2.81. The molecule has 1 amide bonds. The Hall–Kier alpha value is -0.920. The molecular weight excluding hydrogens is 356 g/mol. The Labute approximate surface area is 134 Å². The lowest BCUT2D eigenvalue weighted by Gasteiger charge is -2.20. The molecule has 3 N–H and O–H groups in total. The lowest BCUT2D eigenvalue weighted by atomic mass is 10.0. The molecular formula is C14H21BrN2O3S. The van der Waals surface area contributed by atoms with Gasteiger partial charge in [0.05, 0.1) is 17.8 Å². The molecule has 2 atom stereocenters. The van der Waals surface area contributed by atoms with Crippen LogP contribution in [-0.2, 0) is 14.6 Å². The molecule has 0 saturated heterocycles. The number of benzene rings is 1. The number of halogens is 1. The van der Waals surface area contributed by atoms with Crippen molar-refractivity contribution in [3.8, 4) is 0 Å². The lowest BCUT2D eigenvalue weighted by Crippen LogP contribution is -2.43. The maximum absolute atomic E-state index is 12.0. The van der Waals surface area contributed by atoms with Gasteiger partial charge in [-0.2, -0.15) is 0 Å². The molecule has 0 radical (unpaired) electrons. The standard InChI is InChI=1S/C14H21BrN2O3S/c1-3-13(10-4-6-11(15)7-5-10)17-14(18)12(16)8-9-21(2,19)20/h4-7,12-13H,3,8-9,16H2,1-2H3,(H,17,18). The van der Waals surface area contributed by atoms with Crippen molar-refractivity contribution < 1.29 is 13.2 Å². The van der Waals surface area contributed by atoms with Crippen LogP contribution in [-0.4, -0.2) is 32.4 Å². The fourth-order valence-electron chi connectivity index (χ4n) is 1.87. The molecule has 0 aromatic heterocycles. The van der Waals surface area contributed by atoms with E-state index < -0.39 is 15.9 Å². The van der Waals surface area contributed by atoms with Crippen LogP contribution in [0.5, 0.6) is 0 Å². The summed E-state index contributed by atoms with van der Waals surface area (Å²) in [6.45, 7) is 1.97. The summed E-state index contributed by atoms with van der Waals surface area (Å²) in [7, 11) is -3.11. The van der Waals surface area contributed by atoms with Crippen LogP contribution in [0.25, 0.3) is 0 Å². The van der Waals surface area contributed by atoms with E-state index in [1.165, 1.54) is 0 Å².